The van der Waals surface area contributed by atoms with Crippen molar-refractivity contribution in [2.75, 3.05) is 24.8 Å². The van der Waals surface area contributed by atoms with Gasteiger partial charge in [-0.15, -0.1) is 11.8 Å². The first-order valence-corrected chi connectivity index (χ1v) is 16.7. The van der Waals surface area contributed by atoms with Crippen molar-refractivity contribution < 1.29 is 38.1 Å². The molecule has 0 radical (unpaired) electrons. The van der Waals surface area contributed by atoms with E-state index < -0.39 is 35.2 Å². The predicted octanol–water partition coefficient (Wildman–Crippen LogP) is 5.83. The van der Waals surface area contributed by atoms with Crippen LogP contribution >= 0.6 is 11.8 Å². The Morgan fingerprint density at radius 1 is 1.09 bits per heavy atom. The average Bonchev–Trinajstić information content (AvgIpc) is 3.88. The van der Waals surface area contributed by atoms with Crippen molar-refractivity contribution in [2.24, 2.45) is 11.3 Å². The van der Waals surface area contributed by atoms with Crippen molar-refractivity contribution in [1.29, 1.82) is 0 Å². The smallest absolute Gasteiger partial charge is 0.414 e. The Hall–Kier alpha value is -2.73. The van der Waals surface area contributed by atoms with Gasteiger partial charge < -0.3 is 24.3 Å². The number of ketones is 1. The van der Waals surface area contributed by atoms with E-state index in [2.05, 4.69) is 37.5 Å². The normalized spacial score (nSPS) is 28.6. The Morgan fingerprint density at radius 3 is 2.38 bits per heavy atom. The van der Waals surface area contributed by atoms with Crippen LogP contribution in [0.15, 0.2) is 40.8 Å². The maximum atomic E-state index is 12.7. The number of ether oxygens (including phenoxy) is 4. The molecule has 2 aliphatic heterocycles. The van der Waals surface area contributed by atoms with Crippen molar-refractivity contribution >= 4 is 41.1 Å². The van der Waals surface area contributed by atoms with Crippen LogP contribution in [-0.2, 0) is 33.3 Å². The zero-order valence-electron chi connectivity index (χ0n) is 27.5. The summed E-state index contributed by atoms with van der Waals surface area (Å²) in [7, 11) is 1.61. The third kappa shape index (κ3) is 9.18. The Balaban J connectivity index is 1.21. The summed E-state index contributed by atoms with van der Waals surface area (Å²) < 4.78 is 23.8. The minimum absolute atomic E-state index is 0.0124. The summed E-state index contributed by atoms with van der Waals surface area (Å²) >= 11 is 1.26. The Labute approximate surface area is 270 Å². The SMILES string of the molecule is CO[C@H]1[C@H](C2(C)O[C@@H]2CC=C(C)C)[C@]2(CC[C@H]1OC(=O)NC(=O)CSc1ccc(NC(=O)CCCC(=O)C(C)(C)C)cc1)CO2. The van der Waals surface area contributed by atoms with Gasteiger partial charge in [0.2, 0.25) is 11.8 Å². The summed E-state index contributed by atoms with van der Waals surface area (Å²) in [6.07, 6.45) is 3.67. The third-order valence-electron chi connectivity index (χ3n) is 8.89. The highest BCUT2D eigenvalue weighted by molar-refractivity contribution is 8.00. The molecule has 1 saturated carbocycles. The summed E-state index contributed by atoms with van der Waals surface area (Å²) in [6.45, 7) is 12.5. The minimum Gasteiger partial charge on any atom is -0.443 e. The Kier molecular flexibility index (Phi) is 11.2. The Morgan fingerprint density at radius 2 is 1.78 bits per heavy atom. The number of carbonyl (C=O) groups is 4. The molecule has 11 heteroatoms. The second kappa shape index (κ2) is 14.4. The lowest BCUT2D eigenvalue weighted by Gasteiger charge is -2.42. The molecule has 6 atom stereocenters. The predicted molar refractivity (Wildman–Crippen MR) is 172 cm³/mol. The topological polar surface area (TPSA) is 136 Å². The molecule has 3 amide bonds. The molecule has 1 unspecified atom stereocenters. The van der Waals surface area contributed by atoms with Gasteiger partial charge in [-0.05, 0) is 70.7 Å². The number of nitrogens with one attached hydrogen (secondary N) is 2. The molecule has 1 aliphatic carbocycles. The maximum Gasteiger partial charge on any atom is 0.414 e. The lowest BCUT2D eigenvalue weighted by molar-refractivity contribution is -0.126. The second-order valence-electron chi connectivity index (χ2n) is 13.8. The zero-order valence-corrected chi connectivity index (χ0v) is 28.3. The first-order chi connectivity index (χ1) is 21.2. The van der Waals surface area contributed by atoms with Crippen molar-refractivity contribution in [3.05, 3.63) is 35.9 Å². The quantitative estimate of drug-likeness (QED) is 0.154. The van der Waals surface area contributed by atoms with Gasteiger partial charge in [-0.1, -0.05) is 32.4 Å². The van der Waals surface area contributed by atoms with E-state index in [0.29, 0.717) is 31.6 Å². The largest absolute Gasteiger partial charge is 0.443 e. The summed E-state index contributed by atoms with van der Waals surface area (Å²) in [4.78, 5) is 50.4. The third-order valence-corrected chi connectivity index (χ3v) is 9.90. The molecular formula is C34H48N2O8S. The molecule has 2 heterocycles. The maximum absolute atomic E-state index is 12.7. The first-order valence-electron chi connectivity index (χ1n) is 15.7. The molecular weight excluding hydrogens is 596 g/mol. The number of allylic oxidation sites excluding steroid dienone is 1. The highest BCUT2D eigenvalue weighted by atomic mass is 32.2. The van der Waals surface area contributed by atoms with Crippen LogP contribution in [-0.4, -0.2) is 72.7 Å². The average molecular weight is 645 g/mol. The number of methoxy groups -OCH3 is 1. The monoisotopic (exact) mass is 644 g/mol. The molecule has 1 aromatic carbocycles. The van der Waals surface area contributed by atoms with Gasteiger partial charge in [0.15, 0.2) is 0 Å². The number of alkyl carbamates (subject to hydrolysis) is 1. The van der Waals surface area contributed by atoms with E-state index in [1.807, 2.05) is 20.8 Å². The number of hydrogen-bond donors (Lipinski definition) is 2. The molecule has 3 fully saturated rings. The lowest BCUT2D eigenvalue weighted by atomic mass is 9.68. The van der Waals surface area contributed by atoms with E-state index in [1.165, 1.54) is 17.3 Å². The van der Waals surface area contributed by atoms with Crippen molar-refractivity contribution in [1.82, 2.24) is 5.32 Å². The number of Topliss-reactive ketones (excluding diaryl/α,β-unsaturated/α-hetero) is 1. The number of carbonyl (C=O) groups excluding carboxylic acids is 4. The standard InChI is InChI=1S/C34H48N2O8S/c1-21(2)11-16-26-33(6,44-26)30-29(41-7)24(17-18-34(30)20-42-34)43-31(40)36-28(39)19-45-23-14-12-22(13-15-23)35-27(38)10-8-9-25(37)32(3,4)5/h11-15,24,26,29-30H,8-10,16-20H2,1-7H3,(H,35,38)(H,36,39,40)/t24-,26-,29-,30-,33?,34+/m1/s1. The molecule has 45 heavy (non-hydrogen) atoms. The van der Waals surface area contributed by atoms with Crippen LogP contribution in [0.25, 0.3) is 0 Å². The molecule has 0 bridgehead atoms. The highest BCUT2D eigenvalue weighted by Gasteiger charge is 2.72. The van der Waals surface area contributed by atoms with Gasteiger partial charge in [-0.2, -0.15) is 0 Å². The summed E-state index contributed by atoms with van der Waals surface area (Å²) in [6, 6.07) is 7.09. The van der Waals surface area contributed by atoms with E-state index in [0.717, 1.165) is 17.7 Å². The van der Waals surface area contributed by atoms with Gasteiger partial charge in [0.25, 0.3) is 0 Å². The highest BCUT2D eigenvalue weighted by Crippen LogP contribution is 2.59. The molecule has 248 valence electrons. The molecule has 1 aromatic rings. The molecule has 3 aliphatic rings. The molecule has 0 aromatic heterocycles. The number of amides is 3. The number of benzene rings is 1. The van der Waals surface area contributed by atoms with Crippen LogP contribution in [0, 0.1) is 11.3 Å². The van der Waals surface area contributed by atoms with Gasteiger partial charge in [-0.3, -0.25) is 19.7 Å². The van der Waals surface area contributed by atoms with Gasteiger partial charge in [0.05, 0.1) is 24.4 Å². The van der Waals surface area contributed by atoms with Crippen molar-refractivity contribution in [2.45, 2.75) is 114 Å². The van der Waals surface area contributed by atoms with Crippen LogP contribution in [0.4, 0.5) is 10.5 Å². The molecule has 2 N–H and O–H groups in total. The summed E-state index contributed by atoms with van der Waals surface area (Å²) in [5.41, 5.74) is 0.686. The van der Waals surface area contributed by atoms with E-state index in [9.17, 15) is 19.2 Å². The van der Waals surface area contributed by atoms with Crippen molar-refractivity contribution in [3.63, 3.8) is 0 Å². The first kappa shape index (κ1) is 35.1. The number of imide groups is 1. The van der Waals surface area contributed by atoms with E-state index >= 15 is 0 Å². The number of epoxide rings is 2. The number of rotatable bonds is 13. The molecule has 10 nitrogen and oxygen atoms in total. The summed E-state index contributed by atoms with van der Waals surface area (Å²) in [5, 5.41) is 5.16. The van der Waals surface area contributed by atoms with E-state index in [-0.39, 0.29) is 41.5 Å². The van der Waals surface area contributed by atoms with Crippen LogP contribution in [0.5, 0.6) is 0 Å². The van der Waals surface area contributed by atoms with Crippen molar-refractivity contribution in [3.8, 4) is 0 Å². The van der Waals surface area contributed by atoms with Gasteiger partial charge in [0, 0.05) is 35.9 Å². The zero-order chi connectivity index (χ0) is 33.0. The lowest BCUT2D eigenvalue weighted by Crippen LogP contribution is -2.56. The van der Waals surface area contributed by atoms with E-state index in [1.54, 1.807) is 31.4 Å². The Bertz CT molecular complexity index is 1280. The number of anilines is 1. The number of hydrogen-bond acceptors (Lipinski definition) is 9. The van der Waals surface area contributed by atoms with Crippen LogP contribution in [0.2, 0.25) is 0 Å². The molecule has 2 saturated heterocycles. The van der Waals surface area contributed by atoms with Gasteiger partial charge >= 0.3 is 6.09 Å². The molecule has 1 spiro atoms. The minimum atomic E-state index is -0.802. The van der Waals surface area contributed by atoms with Crippen LogP contribution in [0.1, 0.15) is 80.1 Å². The second-order valence-corrected chi connectivity index (χ2v) is 14.8. The fourth-order valence-corrected chi connectivity index (χ4v) is 6.88. The fraction of sp³-hybridized carbons (Fsp3) is 0.647. The van der Waals surface area contributed by atoms with Gasteiger partial charge in [0.1, 0.15) is 29.2 Å². The van der Waals surface area contributed by atoms with Crippen LogP contribution < -0.4 is 10.6 Å². The van der Waals surface area contributed by atoms with Gasteiger partial charge in [-0.25, -0.2) is 4.79 Å². The number of thioether (sulfide) groups is 1. The molecule has 4 rings (SSSR count). The van der Waals surface area contributed by atoms with Crippen LogP contribution in [0.3, 0.4) is 0 Å². The fourth-order valence-electron chi connectivity index (χ4n) is 6.18. The summed E-state index contributed by atoms with van der Waals surface area (Å²) in [5.74, 6) is -0.585. The van der Waals surface area contributed by atoms with E-state index in [4.69, 9.17) is 18.9 Å².